The Bertz CT molecular complexity index is 218. The Hall–Kier alpha value is -0.530. The van der Waals surface area contributed by atoms with E-state index in [1.54, 1.807) is 0 Å². The maximum absolute atomic E-state index is 5.65. The van der Waals surface area contributed by atoms with Crippen molar-refractivity contribution in [2.45, 2.75) is 19.4 Å². The molecule has 0 amide bonds. The molecule has 0 spiro atoms. The number of rotatable bonds is 4. The highest BCUT2D eigenvalue weighted by Gasteiger charge is 1.92. The maximum Gasteiger partial charge on any atom is 0.0716 e. The highest BCUT2D eigenvalue weighted by Crippen LogP contribution is 2.07. The van der Waals surface area contributed by atoms with Crippen molar-refractivity contribution in [1.82, 2.24) is 0 Å². The predicted octanol–water partition coefficient (Wildman–Crippen LogP) is 2.96. The Morgan fingerprint density at radius 2 is 1.75 bits per heavy atom. The van der Waals surface area contributed by atoms with Gasteiger partial charge in [0.05, 0.1) is 6.61 Å². The fourth-order valence-electron chi connectivity index (χ4n) is 0.944. The van der Waals surface area contributed by atoms with Crippen molar-refractivity contribution < 1.29 is 4.74 Å². The van der Waals surface area contributed by atoms with Gasteiger partial charge in [-0.1, -0.05) is 24.3 Å². The Labute approximate surface area is 78.3 Å². The van der Waals surface area contributed by atoms with E-state index in [-0.39, 0.29) is 0 Å². The average molecular weight is 185 g/mol. The summed E-state index contributed by atoms with van der Waals surface area (Å²) in [6, 6.07) is 8.16. The smallest absolute Gasteiger partial charge is 0.0716 e. The van der Waals surface area contributed by atoms with Crippen LogP contribution in [0.1, 0.15) is 18.1 Å². The van der Waals surface area contributed by atoms with Gasteiger partial charge in [0, 0.05) is 12.5 Å². The van der Waals surface area contributed by atoms with Crippen LogP contribution in [0.3, 0.4) is 0 Å². The van der Waals surface area contributed by atoms with Crippen LogP contribution in [0.2, 0.25) is 0 Å². The molecule has 0 aliphatic rings. The molecule has 0 atom stereocenters. The molecule has 1 rings (SSSR count). The summed E-state index contributed by atoms with van der Waals surface area (Å²) in [7, 11) is 0. The summed E-state index contributed by atoms with van der Waals surface area (Å²) in [5.41, 5.74) is 2.35. The van der Waals surface area contributed by atoms with Crippen molar-refractivity contribution in [3.8, 4) is 0 Å². The molecule has 0 N–H and O–H groups in total. The topological polar surface area (TPSA) is 9.23 Å². The first kappa shape index (κ1) is 9.56. The molecule has 0 aliphatic heterocycles. The lowest BCUT2D eigenvalue weighted by Crippen LogP contribution is -1.91. The summed E-state index contributed by atoms with van der Waals surface area (Å²) in [6.45, 7) is 3.45. The summed E-state index contributed by atoms with van der Waals surface area (Å²) < 4.78 is 5.26. The molecule has 66 valence electrons. The lowest BCUT2D eigenvalue weighted by Gasteiger charge is -2.01. The normalized spacial score (nSPS) is 10.2. The second-order valence-electron chi connectivity index (χ2n) is 2.59. The fourth-order valence-corrected chi connectivity index (χ4v) is 1.12. The SMILES string of the molecule is CCOCc1ccc(CCl)cc1. The lowest BCUT2D eigenvalue weighted by atomic mass is 10.2. The summed E-state index contributed by atoms with van der Waals surface area (Å²) in [5, 5.41) is 0. The van der Waals surface area contributed by atoms with Crippen molar-refractivity contribution in [1.29, 1.82) is 0 Å². The molecule has 0 unspecified atom stereocenters. The van der Waals surface area contributed by atoms with Gasteiger partial charge in [0.15, 0.2) is 0 Å². The molecule has 0 fully saturated rings. The van der Waals surface area contributed by atoms with Crippen molar-refractivity contribution in [2.75, 3.05) is 6.61 Å². The van der Waals surface area contributed by atoms with Crippen molar-refractivity contribution in [3.63, 3.8) is 0 Å². The third-order valence-corrected chi connectivity index (χ3v) is 1.96. The summed E-state index contributed by atoms with van der Waals surface area (Å²) in [6.07, 6.45) is 0. The molecule has 1 nitrogen and oxygen atoms in total. The summed E-state index contributed by atoms with van der Waals surface area (Å²) >= 11 is 5.65. The van der Waals surface area contributed by atoms with Gasteiger partial charge in [-0.3, -0.25) is 0 Å². The van der Waals surface area contributed by atoms with E-state index in [0.29, 0.717) is 12.5 Å². The number of benzene rings is 1. The molecule has 0 aliphatic carbocycles. The number of halogens is 1. The Morgan fingerprint density at radius 3 is 2.25 bits per heavy atom. The van der Waals surface area contributed by atoms with Crippen molar-refractivity contribution >= 4 is 11.6 Å². The highest BCUT2D eigenvalue weighted by atomic mass is 35.5. The van der Waals surface area contributed by atoms with E-state index in [1.165, 1.54) is 5.56 Å². The van der Waals surface area contributed by atoms with E-state index >= 15 is 0 Å². The minimum Gasteiger partial charge on any atom is -0.377 e. The molecule has 0 saturated heterocycles. The average Bonchev–Trinajstić information content (AvgIpc) is 2.15. The number of hydrogen-bond donors (Lipinski definition) is 0. The molecule has 1 aromatic rings. The zero-order chi connectivity index (χ0) is 8.81. The van der Waals surface area contributed by atoms with E-state index in [4.69, 9.17) is 16.3 Å². The van der Waals surface area contributed by atoms with Gasteiger partial charge in [-0.2, -0.15) is 0 Å². The fraction of sp³-hybridized carbons (Fsp3) is 0.400. The van der Waals surface area contributed by atoms with Crippen LogP contribution in [-0.2, 0) is 17.2 Å². The largest absolute Gasteiger partial charge is 0.377 e. The van der Waals surface area contributed by atoms with Gasteiger partial charge < -0.3 is 4.74 Å². The van der Waals surface area contributed by atoms with Gasteiger partial charge >= 0.3 is 0 Å². The zero-order valence-corrected chi connectivity index (χ0v) is 7.97. The first-order valence-corrected chi connectivity index (χ1v) is 4.61. The Kier molecular flexibility index (Phi) is 4.12. The minimum atomic E-state index is 0.578. The van der Waals surface area contributed by atoms with Crippen LogP contribution >= 0.6 is 11.6 Å². The molecule has 0 radical (unpaired) electrons. The van der Waals surface area contributed by atoms with Gasteiger partial charge in [-0.05, 0) is 18.1 Å². The molecule has 12 heavy (non-hydrogen) atoms. The maximum atomic E-state index is 5.65. The molecule has 0 bridgehead atoms. The second-order valence-corrected chi connectivity index (χ2v) is 2.85. The van der Waals surface area contributed by atoms with Gasteiger partial charge in [0.1, 0.15) is 0 Å². The second kappa shape index (κ2) is 5.18. The van der Waals surface area contributed by atoms with Gasteiger partial charge in [-0.15, -0.1) is 11.6 Å². The van der Waals surface area contributed by atoms with E-state index in [1.807, 2.05) is 31.2 Å². The number of hydrogen-bond acceptors (Lipinski definition) is 1. The van der Waals surface area contributed by atoms with Crippen molar-refractivity contribution in [2.24, 2.45) is 0 Å². The lowest BCUT2D eigenvalue weighted by molar-refractivity contribution is 0.134. The minimum absolute atomic E-state index is 0.578. The van der Waals surface area contributed by atoms with Crippen LogP contribution in [-0.4, -0.2) is 6.61 Å². The highest BCUT2D eigenvalue weighted by molar-refractivity contribution is 6.17. The molecule has 0 saturated carbocycles. The van der Waals surface area contributed by atoms with Crippen LogP contribution in [0.25, 0.3) is 0 Å². The first-order chi connectivity index (χ1) is 5.86. The van der Waals surface area contributed by atoms with E-state index in [0.717, 1.165) is 12.2 Å². The first-order valence-electron chi connectivity index (χ1n) is 4.08. The summed E-state index contributed by atoms with van der Waals surface area (Å²) in [4.78, 5) is 0. The molecule has 0 aromatic heterocycles. The van der Waals surface area contributed by atoms with Gasteiger partial charge in [0.25, 0.3) is 0 Å². The van der Waals surface area contributed by atoms with Gasteiger partial charge in [0.2, 0.25) is 0 Å². The molecular formula is C10H13ClO. The van der Waals surface area contributed by atoms with Crippen LogP contribution < -0.4 is 0 Å². The third-order valence-electron chi connectivity index (χ3n) is 1.65. The number of alkyl halides is 1. The molecule has 1 aromatic carbocycles. The Balaban J connectivity index is 2.53. The summed E-state index contributed by atoms with van der Waals surface area (Å²) in [5.74, 6) is 0.578. The van der Waals surface area contributed by atoms with E-state index < -0.39 is 0 Å². The van der Waals surface area contributed by atoms with Crippen LogP contribution in [0.5, 0.6) is 0 Å². The molecule has 0 heterocycles. The van der Waals surface area contributed by atoms with E-state index in [2.05, 4.69) is 0 Å². The third kappa shape index (κ3) is 2.84. The quantitative estimate of drug-likeness (QED) is 0.654. The predicted molar refractivity (Wildman–Crippen MR) is 51.3 cm³/mol. The van der Waals surface area contributed by atoms with Crippen LogP contribution in [0, 0.1) is 0 Å². The molecule has 2 heteroatoms. The van der Waals surface area contributed by atoms with E-state index in [9.17, 15) is 0 Å². The zero-order valence-electron chi connectivity index (χ0n) is 7.22. The number of ether oxygens (including phenoxy) is 1. The van der Waals surface area contributed by atoms with Crippen LogP contribution in [0.15, 0.2) is 24.3 Å². The Morgan fingerprint density at radius 1 is 1.17 bits per heavy atom. The molecular weight excluding hydrogens is 172 g/mol. The monoisotopic (exact) mass is 184 g/mol. The van der Waals surface area contributed by atoms with Crippen molar-refractivity contribution in [3.05, 3.63) is 35.4 Å². The van der Waals surface area contributed by atoms with Crippen LogP contribution in [0.4, 0.5) is 0 Å². The standard InChI is InChI=1S/C10H13ClO/c1-2-12-8-10-5-3-9(7-11)4-6-10/h3-6H,2,7-8H2,1H3. The van der Waals surface area contributed by atoms with Gasteiger partial charge in [-0.25, -0.2) is 0 Å².